The number of nitrogens with zero attached hydrogens (tertiary/aromatic N) is 3. The van der Waals surface area contributed by atoms with Crippen LogP contribution >= 0.6 is 11.6 Å². The molecule has 2 aromatic heterocycles. The minimum Gasteiger partial charge on any atom is -0.399 e. The first-order valence-electron chi connectivity index (χ1n) is 8.22. The molecular weight excluding hydrogens is 336 g/mol. The maximum Gasteiger partial charge on any atom is 0.497 e. The van der Waals surface area contributed by atoms with Crippen molar-refractivity contribution in [1.82, 2.24) is 14.8 Å². The molecule has 1 aromatic carbocycles. The van der Waals surface area contributed by atoms with Crippen molar-refractivity contribution >= 4 is 35.1 Å². The highest BCUT2D eigenvalue weighted by molar-refractivity contribution is 6.65. The molecule has 0 saturated carbocycles. The number of hydrogen-bond acceptors (Lipinski definition) is 4. The summed E-state index contributed by atoms with van der Waals surface area (Å²) < 4.78 is 14.2. The number of pyridine rings is 1. The summed E-state index contributed by atoms with van der Waals surface area (Å²) in [6.07, 6.45) is 5.41. The maximum absolute atomic E-state index is 6.17. The zero-order valence-corrected chi connectivity index (χ0v) is 15.4. The van der Waals surface area contributed by atoms with Crippen molar-refractivity contribution in [3.05, 3.63) is 47.9 Å². The monoisotopic (exact) mass is 355 g/mol. The molecule has 3 heterocycles. The van der Waals surface area contributed by atoms with E-state index in [9.17, 15) is 0 Å². The summed E-state index contributed by atoms with van der Waals surface area (Å²) >= 11 is 5.98. The van der Waals surface area contributed by atoms with Crippen LogP contribution in [0.4, 0.5) is 0 Å². The van der Waals surface area contributed by atoms with Gasteiger partial charge in [0.25, 0.3) is 0 Å². The van der Waals surface area contributed by atoms with Crippen molar-refractivity contribution in [3.8, 4) is 5.69 Å². The predicted octanol–water partition coefficient (Wildman–Crippen LogP) is 3.37. The normalized spacial score (nSPS) is 18.8. The first-order chi connectivity index (χ1) is 11.8. The molecule has 1 saturated heterocycles. The smallest absolute Gasteiger partial charge is 0.399 e. The molecule has 0 unspecified atom stereocenters. The van der Waals surface area contributed by atoms with Crippen molar-refractivity contribution < 1.29 is 9.31 Å². The Morgan fingerprint density at radius 1 is 0.960 bits per heavy atom. The SMILES string of the molecule is CC1(C)OB(c2cncc3c2cnn3-c2ccc(Cl)cc2)OC1(C)C. The van der Waals surface area contributed by atoms with Gasteiger partial charge in [0.1, 0.15) is 0 Å². The molecule has 1 fully saturated rings. The minimum absolute atomic E-state index is 0.397. The lowest BCUT2D eigenvalue weighted by Gasteiger charge is -2.32. The highest BCUT2D eigenvalue weighted by Gasteiger charge is 2.52. The van der Waals surface area contributed by atoms with E-state index in [1.165, 1.54) is 0 Å². The third-order valence-corrected chi connectivity index (χ3v) is 5.36. The van der Waals surface area contributed by atoms with Crippen molar-refractivity contribution in [1.29, 1.82) is 0 Å². The van der Waals surface area contributed by atoms with Gasteiger partial charge in [-0.2, -0.15) is 5.10 Å². The number of fused-ring (bicyclic) bond motifs is 1. The van der Waals surface area contributed by atoms with E-state index in [0.29, 0.717) is 5.02 Å². The van der Waals surface area contributed by atoms with Gasteiger partial charge in [-0.1, -0.05) is 11.6 Å². The number of hydrogen-bond donors (Lipinski definition) is 0. The van der Waals surface area contributed by atoms with Crippen LogP contribution in [0.2, 0.25) is 5.02 Å². The first kappa shape index (κ1) is 16.6. The van der Waals surface area contributed by atoms with Gasteiger partial charge in [0.15, 0.2) is 0 Å². The molecule has 7 heteroatoms. The fraction of sp³-hybridized carbons (Fsp3) is 0.333. The first-order valence-corrected chi connectivity index (χ1v) is 8.59. The van der Waals surface area contributed by atoms with Gasteiger partial charge in [-0.15, -0.1) is 0 Å². The standard InChI is InChI=1S/C18H19BClN3O2/c1-17(2)18(3,4)25-19(24-17)15-10-21-11-16-14(15)9-22-23(16)13-7-5-12(20)6-8-13/h5-11H,1-4H3. The highest BCUT2D eigenvalue weighted by Crippen LogP contribution is 2.37. The number of benzene rings is 1. The van der Waals surface area contributed by atoms with Crippen LogP contribution in [0.5, 0.6) is 0 Å². The van der Waals surface area contributed by atoms with Crippen molar-refractivity contribution in [2.24, 2.45) is 0 Å². The number of aromatic nitrogens is 3. The lowest BCUT2D eigenvalue weighted by atomic mass is 9.78. The van der Waals surface area contributed by atoms with E-state index in [-0.39, 0.29) is 0 Å². The van der Waals surface area contributed by atoms with E-state index in [1.54, 1.807) is 12.4 Å². The topological polar surface area (TPSA) is 49.2 Å². The molecule has 1 aliphatic rings. The van der Waals surface area contributed by atoms with E-state index >= 15 is 0 Å². The average Bonchev–Trinajstić information content (AvgIpc) is 3.06. The zero-order valence-electron chi connectivity index (χ0n) is 14.7. The van der Waals surface area contributed by atoms with Crippen molar-refractivity contribution in [2.75, 3.05) is 0 Å². The summed E-state index contributed by atoms with van der Waals surface area (Å²) in [4.78, 5) is 4.38. The summed E-state index contributed by atoms with van der Waals surface area (Å²) in [6, 6.07) is 7.54. The molecule has 0 spiro atoms. The van der Waals surface area contributed by atoms with Crippen LogP contribution in [0.1, 0.15) is 27.7 Å². The van der Waals surface area contributed by atoms with Gasteiger partial charge in [0.05, 0.1) is 34.8 Å². The predicted molar refractivity (Wildman–Crippen MR) is 99.6 cm³/mol. The van der Waals surface area contributed by atoms with Crippen LogP contribution in [0.15, 0.2) is 42.9 Å². The third-order valence-electron chi connectivity index (χ3n) is 5.11. The molecule has 0 amide bonds. The summed E-state index contributed by atoms with van der Waals surface area (Å²) in [5.41, 5.74) is 1.91. The highest BCUT2D eigenvalue weighted by atomic mass is 35.5. The summed E-state index contributed by atoms with van der Waals surface area (Å²) in [6.45, 7) is 8.16. The van der Waals surface area contributed by atoms with Crippen LogP contribution in [-0.4, -0.2) is 33.1 Å². The lowest BCUT2D eigenvalue weighted by molar-refractivity contribution is 0.00578. The van der Waals surface area contributed by atoms with Gasteiger partial charge in [0, 0.05) is 22.1 Å². The second-order valence-electron chi connectivity index (χ2n) is 7.28. The Morgan fingerprint density at radius 2 is 1.60 bits per heavy atom. The molecule has 0 bridgehead atoms. The van der Waals surface area contributed by atoms with Gasteiger partial charge in [-0.25, -0.2) is 4.68 Å². The largest absolute Gasteiger partial charge is 0.497 e. The van der Waals surface area contributed by atoms with Crippen molar-refractivity contribution in [2.45, 2.75) is 38.9 Å². The van der Waals surface area contributed by atoms with Crippen LogP contribution in [-0.2, 0) is 9.31 Å². The fourth-order valence-corrected chi connectivity index (χ4v) is 3.03. The molecule has 1 aliphatic heterocycles. The van der Waals surface area contributed by atoms with Crippen LogP contribution in [0.3, 0.4) is 0 Å². The summed E-state index contributed by atoms with van der Waals surface area (Å²) in [5, 5.41) is 6.17. The second-order valence-corrected chi connectivity index (χ2v) is 7.72. The quantitative estimate of drug-likeness (QED) is 0.661. The molecule has 0 N–H and O–H groups in total. The van der Waals surface area contributed by atoms with Gasteiger partial charge in [-0.05, 0) is 52.0 Å². The van der Waals surface area contributed by atoms with E-state index < -0.39 is 18.3 Å². The average molecular weight is 356 g/mol. The number of rotatable bonds is 2. The molecule has 3 aromatic rings. The molecule has 0 radical (unpaired) electrons. The van der Waals surface area contributed by atoms with Gasteiger partial charge < -0.3 is 9.31 Å². The number of halogens is 1. The third kappa shape index (κ3) is 2.65. The van der Waals surface area contributed by atoms with Crippen LogP contribution in [0, 0.1) is 0 Å². The van der Waals surface area contributed by atoms with Gasteiger partial charge in [-0.3, -0.25) is 4.98 Å². The molecule has 0 aliphatic carbocycles. The molecule has 128 valence electrons. The van der Waals surface area contributed by atoms with Crippen LogP contribution in [0.25, 0.3) is 16.6 Å². The Hall–Kier alpha value is -1.89. The van der Waals surface area contributed by atoms with E-state index in [1.807, 2.05) is 62.8 Å². The molecular formula is C18H19BClN3O2. The Bertz CT molecular complexity index is 921. The maximum atomic E-state index is 6.17. The Kier molecular flexibility index (Phi) is 3.69. The zero-order chi connectivity index (χ0) is 17.8. The molecule has 0 atom stereocenters. The second kappa shape index (κ2) is 5.56. The molecule has 5 nitrogen and oxygen atoms in total. The summed E-state index contributed by atoms with van der Waals surface area (Å²) in [5.74, 6) is 0. The fourth-order valence-electron chi connectivity index (χ4n) is 2.91. The van der Waals surface area contributed by atoms with Crippen LogP contribution < -0.4 is 5.46 Å². The minimum atomic E-state index is -0.468. The van der Waals surface area contributed by atoms with Gasteiger partial charge in [0.2, 0.25) is 0 Å². The molecule has 4 rings (SSSR count). The van der Waals surface area contributed by atoms with Gasteiger partial charge >= 0.3 is 7.12 Å². The lowest BCUT2D eigenvalue weighted by Crippen LogP contribution is -2.41. The molecule has 25 heavy (non-hydrogen) atoms. The Morgan fingerprint density at radius 3 is 2.24 bits per heavy atom. The van der Waals surface area contributed by atoms with E-state index in [0.717, 1.165) is 22.1 Å². The summed E-state index contributed by atoms with van der Waals surface area (Å²) in [7, 11) is -0.468. The van der Waals surface area contributed by atoms with E-state index in [2.05, 4.69) is 10.1 Å². The Balaban J connectivity index is 1.79. The van der Waals surface area contributed by atoms with Crippen molar-refractivity contribution in [3.63, 3.8) is 0 Å². The van der Waals surface area contributed by atoms with E-state index in [4.69, 9.17) is 20.9 Å². The Labute approximate surface area is 152 Å².